The number of aromatic nitrogens is 2. The largest absolute Gasteiger partial charge is 0.449 e. The number of ether oxygens (including phenoxy) is 1. The van der Waals surface area contributed by atoms with Gasteiger partial charge in [-0.25, -0.2) is 14.7 Å². The van der Waals surface area contributed by atoms with E-state index in [4.69, 9.17) is 4.74 Å². The van der Waals surface area contributed by atoms with Crippen LogP contribution in [-0.2, 0) is 4.74 Å². The quantitative estimate of drug-likeness (QED) is 0.563. The number of hydrogen-bond donors (Lipinski definition) is 1. The van der Waals surface area contributed by atoms with E-state index in [1.54, 1.807) is 6.20 Å². The summed E-state index contributed by atoms with van der Waals surface area (Å²) in [5.41, 5.74) is 4.23. The molecule has 1 aromatic heterocycles. The molecule has 5 nitrogen and oxygen atoms in total. The molecule has 1 amide bonds. The average molecular weight is 363 g/mol. The molecular formula is C22H25N3O2. The second kappa shape index (κ2) is 9.03. The molecule has 3 aromatic rings. The summed E-state index contributed by atoms with van der Waals surface area (Å²) in [4.78, 5) is 21.3. The number of benzene rings is 2. The Morgan fingerprint density at radius 1 is 1.00 bits per heavy atom. The summed E-state index contributed by atoms with van der Waals surface area (Å²) in [7, 11) is 0. The van der Waals surface area contributed by atoms with Crippen molar-refractivity contribution in [3.63, 3.8) is 0 Å². The third kappa shape index (κ3) is 4.56. The zero-order chi connectivity index (χ0) is 19.1. The van der Waals surface area contributed by atoms with E-state index >= 15 is 0 Å². The Balaban J connectivity index is 1.73. The summed E-state index contributed by atoms with van der Waals surface area (Å²) < 4.78 is 5.30. The third-order valence-corrected chi connectivity index (χ3v) is 4.38. The molecule has 0 saturated carbocycles. The molecule has 0 aliphatic rings. The van der Waals surface area contributed by atoms with Gasteiger partial charge in [0.25, 0.3) is 0 Å². The number of unbranched alkanes of at least 4 members (excludes halogenated alkanes) is 1. The highest BCUT2D eigenvalue weighted by atomic mass is 16.6. The number of amides is 1. The van der Waals surface area contributed by atoms with Gasteiger partial charge in [-0.3, -0.25) is 0 Å². The van der Waals surface area contributed by atoms with Gasteiger partial charge in [0.1, 0.15) is 0 Å². The minimum atomic E-state index is -0.369. The van der Waals surface area contributed by atoms with Gasteiger partial charge in [0.2, 0.25) is 5.95 Å². The lowest BCUT2D eigenvalue weighted by molar-refractivity contribution is 0.152. The maximum absolute atomic E-state index is 12.2. The summed E-state index contributed by atoms with van der Waals surface area (Å²) in [5.74, 6) is 0.501. The molecule has 0 fully saturated rings. The molecule has 0 spiro atoms. The number of nitrogens with one attached hydrogen (secondary N) is 1. The molecule has 27 heavy (non-hydrogen) atoms. The van der Waals surface area contributed by atoms with Gasteiger partial charge in [0.15, 0.2) is 0 Å². The maximum Gasteiger partial charge on any atom is 0.416 e. The Morgan fingerprint density at radius 3 is 2.33 bits per heavy atom. The predicted octanol–water partition coefficient (Wildman–Crippen LogP) is 5.51. The summed E-state index contributed by atoms with van der Waals surface area (Å²) in [6.07, 6.45) is 3.23. The minimum Gasteiger partial charge on any atom is -0.449 e. The summed E-state index contributed by atoms with van der Waals surface area (Å²) in [6.45, 7) is 4.89. The van der Waals surface area contributed by atoms with Gasteiger partial charge in [0, 0.05) is 6.54 Å². The normalized spacial score (nSPS) is 10.6. The van der Waals surface area contributed by atoms with Crippen molar-refractivity contribution < 1.29 is 9.53 Å². The first-order chi connectivity index (χ1) is 13.2. The highest BCUT2D eigenvalue weighted by molar-refractivity contribution is 5.85. The fraction of sp³-hybridized carbons (Fsp3) is 0.273. The van der Waals surface area contributed by atoms with E-state index < -0.39 is 0 Å². The Labute approximate surface area is 160 Å². The van der Waals surface area contributed by atoms with Crippen LogP contribution in [-0.4, -0.2) is 29.2 Å². The van der Waals surface area contributed by atoms with Crippen molar-refractivity contribution in [1.29, 1.82) is 0 Å². The van der Waals surface area contributed by atoms with Crippen molar-refractivity contribution in [2.45, 2.75) is 26.7 Å². The zero-order valence-electron chi connectivity index (χ0n) is 15.8. The van der Waals surface area contributed by atoms with E-state index in [9.17, 15) is 4.79 Å². The van der Waals surface area contributed by atoms with Crippen LogP contribution in [0.2, 0.25) is 0 Å². The van der Waals surface area contributed by atoms with E-state index in [2.05, 4.69) is 53.3 Å². The molecule has 0 atom stereocenters. The molecule has 0 aliphatic carbocycles. The first-order valence-corrected chi connectivity index (χ1v) is 9.38. The molecule has 0 saturated heterocycles. The number of imidazole rings is 1. The van der Waals surface area contributed by atoms with Crippen LogP contribution >= 0.6 is 0 Å². The van der Waals surface area contributed by atoms with Crippen molar-refractivity contribution in [2.24, 2.45) is 0 Å². The van der Waals surface area contributed by atoms with Crippen LogP contribution in [0.3, 0.4) is 0 Å². The first-order valence-electron chi connectivity index (χ1n) is 9.38. The highest BCUT2D eigenvalue weighted by Crippen LogP contribution is 2.25. The number of anilines is 1. The third-order valence-electron chi connectivity index (χ3n) is 4.38. The van der Waals surface area contributed by atoms with E-state index in [1.165, 1.54) is 10.5 Å². The molecule has 2 aromatic carbocycles. The molecule has 0 aliphatic heterocycles. The number of H-pyrrole nitrogens is 1. The second-order valence-electron chi connectivity index (χ2n) is 6.28. The molecule has 3 rings (SSSR count). The van der Waals surface area contributed by atoms with Crippen molar-refractivity contribution in [1.82, 2.24) is 9.97 Å². The van der Waals surface area contributed by atoms with Gasteiger partial charge in [0.05, 0.1) is 18.5 Å². The molecule has 140 valence electrons. The average Bonchev–Trinajstić information content (AvgIpc) is 3.19. The van der Waals surface area contributed by atoms with Crippen molar-refractivity contribution >= 4 is 12.0 Å². The van der Waals surface area contributed by atoms with Gasteiger partial charge in [-0.1, -0.05) is 67.9 Å². The van der Waals surface area contributed by atoms with Crippen LogP contribution in [0.1, 0.15) is 26.7 Å². The van der Waals surface area contributed by atoms with Crippen LogP contribution in [0, 0.1) is 0 Å². The fourth-order valence-corrected chi connectivity index (χ4v) is 2.81. The standard InChI is InChI=1S/C22H25N3O2/c1-3-5-15-27-22(26)25(4-2)21-23-16-20(24-21)19-13-11-18(12-14-19)17-9-7-6-8-10-17/h6-14,16H,3-5,15H2,1-2H3,(H,23,24). The van der Waals surface area contributed by atoms with E-state index in [1.807, 2.05) is 25.1 Å². The van der Waals surface area contributed by atoms with Crippen LogP contribution in [0.25, 0.3) is 22.4 Å². The Kier molecular flexibility index (Phi) is 6.26. The smallest absolute Gasteiger partial charge is 0.416 e. The Morgan fingerprint density at radius 2 is 1.67 bits per heavy atom. The molecule has 1 heterocycles. The number of hydrogen-bond acceptors (Lipinski definition) is 3. The minimum absolute atomic E-state index is 0.369. The van der Waals surface area contributed by atoms with Gasteiger partial charge in [-0.05, 0) is 30.0 Å². The van der Waals surface area contributed by atoms with Gasteiger partial charge in [-0.2, -0.15) is 0 Å². The van der Waals surface area contributed by atoms with E-state index in [0.29, 0.717) is 19.1 Å². The molecule has 0 radical (unpaired) electrons. The van der Waals surface area contributed by atoms with Gasteiger partial charge < -0.3 is 9.72 Å². The lowest BCUT2D eigenvalue weighted by atomic mass is 10.0. The molecule has 5 heteroatoms. The topological polar surface area (TPSA) is 58.2 Å². The van der Waals surface area contributed by atoms with Crippen molar-refractivity contribution in [3.8, 4) is 22.4 Å². The summed E-state index contributed by atoms with van der Waals surface area (Å²) in [6, 6.07) is 18.5. The van der Waals surface area contributed by atoms with E-state index in [0.717, 1.165) is 29.7 Å². The zero-order valence-corrected chi connectivity index (χ0v) is 15.8. The number of carbonyl (C=O) groups is 1. The molecular weight excluding hydrogens is 338 g/mol. The number of nitrogens with zero attached hydrogens (tertiary/aromatic N) is 2. The first kappa shape index (κ1) is 18.7. The number of rotatable bonds is 7. The second-order valence-corrected chi connectivity index (χ2v) is 6.28. The number of aromatic amines is 1. The van der Waals surface area contributed by atoms with Gasteiger partial charge in [-0.15, -0.1) is 0 Å². The van der Waals surface area contributed by atoms with Crippen LogP contribution < -0.4 is 4.90 Å². The monoisotopic (exact) mass is 363 g/mol. The molecule has 0 unspecified atom stereocenters. The Bertz CT molecular complexity index is 857. The summed E-state index contributed by atoms with van der Waals surface area (Å²) >= 11 is 0. The molecule has 0 bridgehead atoms. The van der Waals surface area contributed by atoms with E-state index in [-0.39, 0.29) is 6.09 Å². The highest BCUT2D eigenvalue weighted by Gasteiger charge is 2.18. The van der Waals surface area contributed by atoms with Gasteiger partial charge >= 0.3 is 6.09 Å². The fourth-order valence-electron chi connectivity index (χ4n) is 2.81. The SMILES string of the molecule is CCCCOC(=O)N(CC)c1ncc(-c2ccc(-c3ccccc3)cc2)[nH]1. The van der Waals surface area contributed by atoms with Crippen molar-refractivity contribution in [3.05, 3.63) is 60.8 Å². The van der Waals surface area contributed by atoms with Crippen LogP contribution in [0.4, 0.5) is 10.7 Å². The summed E-state index contributed by atoms with van der Waals surface area (Å²) in [5, 5.41) is 0. The van der Waals surface area contributed by atoms with Crippen LogP contribution in [0.5, 0.6) is 0 Å². The Hall–Kier alpha value is -3.08. The number of carbonyl (C=O) groups excluding carboxylic acids is 1. The maximum atomic E-state index is 12.2. The van der Waals surface area contributed by atoms with Crippen LogP contribution in [0.15, 0.2) is 60.8 Å². The lowest BCUT2D eigenvalue weighted by Gasteiger charge is -2.17. The van der Waals surface area contributed by atoms with Crippen molar-refractivity contribution in [2.75, 3.05) is 18.1 Å². The predicted molar refractivity (Wildman–Crippen MR) is 109 cm³/mol. The lowest BCUT2D eigenvalue weighted by Crippen LogP contribution is -2.32. The molecule has 1 N–H and O–H groups in total.